The van der Waals surface area contributed by atoms with Gasteiger partial charge in [0, 0.05) is 18.0 Å². The van der Waals surface area contributed by atoms with Gasteiger partial charge in [-0.05, 0) is 24.3 Å². The highest BCUT2D eigenvalue weighted by Gasteiger charge is 2.09. The molecule has 2 aromatic heterocycles. The van der Waals surface area contributed by atoms with Crippen LogP contribution in [-0.2, 0) is 4.79 Å². The Kier molecular flexibility index (Phi) is 3.78. The van der Waals surface area contributed by atoms with Crippen LogP contribution in [0.4, 0.5) is 0 Å². The molecule has 0 saturated heterocycles. The lowest BCUT2D eigenvalue weighted by atomic mass is 10.2. The lowest BCUT2D eigenvalue weighted by Crippen LogP contribution is -1.98. The van der Waals surface area contributed by atoms with Crippen LogP contribution in [0.15, 0.2) is 41.7 Å². The third-order valence-electron chi connectivity index (χ3n) is 2.15. The van der Waals surface area contributed by atoms with Crippen molar-refractivity contribution in [3.63, 3.8) is 0 Å². The Morgan fingerprint density at radius 1 is 1.22 bits per heavy atom. The van der Waals surface area contributed by atoms with Crippen molar-refractivity contribution in [1.29, 1.82) is 0 Å². The van der Waals surface area contributed by atoms with E-state index in [1.807, 2.05) is 0 Å². The molecule has 0 aliphatic rings. The molecule has 2 aromatic rings. The molecular formula is C12H10N2O3S. The zero-order valence-corrected chi connectivity index (χ0v) is 10.1. The quantitative estimate of drug-likeness (QED) is 0.820. The molecule has 0 saturated carbocycles. The van der Waals surface area contributed by atoms with Crippen LogP contribution in [0.1, 0.15) is 0 Å². The summed E-state index contributed by atoms with van der Waals surface area (Å²) in [6.07, 6.45) is 3.29. The number of aliphatic carboxylic acids is 1. The summed E-state index contributed by atoms with van der Waals surface area (Å²) < 4.78 is 0. The van der Waals surface area contributed by atoms with Gasteiger partial charge in [-0.2, -0.15) is 0 Å². The van der Waals surface area contributed by atoms with Crippen molar-refractivity contribution in [3.05, 3.63) is 36.7 Å². The third-order valence-corrected chi connectivity index (χ3v) is 3.11. The molecule has 18 heavy (non-hydrogen) atoms. The molecule has 6 heteroatoms. The number of carbonyl (C=O) groups is 1. The number of aromatic nitrogens is 2. The van der Waals surface area contributed by atoms with E-state index in [0.29, 0.717) is 10.7 Å². The summed E-state index contributed by atoms with van der Waals surface area (Å²) >= 11 is 0.988. The highest BCUT2D eigenvalue weighted by Crippen LogP contribution is 2.29. The Morgan fingerprint density at radius 3 is 2.61 bits per heavy atom. The second-order valence-electron chi connectivity index (χ2n) is 3.44. The molecule has 0 aliphatic heterocycles. The van der Waals surface area contributed by atoms with E-state index < -0.39 is 5.97 Å². The fourth-order valence-corrected chi connectivity index (χ4v) is 1.99. The molecule has 0 amide bonds. The maximum Gasteiger partial charge on any atom is 0.313 e. The van der Waals surface area contributed by atoms with E-state index in [1.54, 1.807) is 30.6 Å². The highest BCUT2D eigenvalue weighted by atomic mass is 32.2. The molecule has 2 heterocycles. The van der Waals surface area contributed by atoms with Gasteiger partial charge in [0.1, 0.15) is 10.8 Å². The average Bonchev–Trinajstić information content (AvgIpc) is 2.38. The standard InChI is InChI=1S/C12H10N2O3S/c15-10-2-1-9(8-3-5-13-6-4-8)14-12(10)18-7-11(16)17/h1-6,15H,7H2,(H,16,17). The van der Waals surface area contributed by atoms with Crippen molar-refractivity contribution < 1.29 is 15.0 Å². The number of carboxylic acids is 1. The topological polar surface area (TPSA) is 83.3 Å². The first-order chi connectivity index (χ1) is 8.66. The number of aromatic hydroxyl groups is 1. The summed E-state index contributed by atoms with van der Waals surface area (Å²) in [6, 6.07) is 6.78. The molecule has 2 N–H and O–H groups in total. The van der Waals surface area contributed by atoms with E-state index in [-0.39, 0.29) is 11.5 Å². The van der Waals surface area contributed by atoms with E-state index >= 15 is 0 Å². The van der Waals surface area contributed by atoms with E-state index in [4.69, 9.17) is 5.11 Å². The zero-order valence-electron chi connectivity index (χ0n) is 9.28. The van der Waals surface area contributed by atoms with E-state index in [0.717, 1.165) is 17.3 Å². The highest BCUT2D eigenvalue weighted by molar-refractivity contribution is 8.00. The molecular weight excluding hydrogens is 252 g/mol. The molecule has 0 radical (unpaired) electrons. The first-order valence-electron chi connectivity index (χ1n) is 5.12. The third kappa shape index (κ3) is 2.98. The summed E-state index contributed by atoms with van der Waals surface area (Å²) in [7, 11) is 0. The Labute approximate surface area is 108 Å². The Balaban J connectivity index is 2.29. The number of pyridine rings is 2. The SMILES string of the molecule is O=C(O)CSc1nc(-c2ccncc2)ccc1O. The van der Waals surface area contributed by atoms with Gasteiger partial charge in [-0.1, -0.05) is 11.8 Å². The molecule has 0 spiro atoms. The normalized spacial score (nSPS) is 10.2. The Morgan fingerprint density at radius 2 is 1.94 bits per heavy atom. The van der Waals surface area contributed by atoms with Crippen LogP contribution in [0.3, 0.4) is 0 Å². The molecule has 92 valence electrons. The summed E-state index contributed by atoms with van der Waals surface area (Å²) in [5, 5.41) is 18.5. The van der Waals surface area contributed by atoms with Crippen molar-refractivity contribution in [2.24, 2.45) is 0 Å². The number of thioether (sulfide) groups is 1. The first-order valence-corrected chi connectivity index (χ1v) is 6.10. The predicted octanol–water partition coefficient (Wildman–Crippen LogP) is 2.03. The Hall–Kier alpha value is -2.08. The lowest BCUT2D eigenvalue weighted by molar-refractivity contribution is -0.133. The largest absolute Gasteiger partial charge is 0.505 e. The monoisotopic (exact) mass is 262 g/mol. The molecule has 5 nitrogen and oxygen atoms in total. The minimum atomic E-state index is -0.949. The van der Waals surface area contributed by atoms with E-state index in [2.05, 4.69) is 9.97 Å². The van der Waals surface area contributed by atoms with Gasteiger partial charge in [-0.3, -0.25) is 9.78 Å². The van der Waals surface area contributed by atoms with Crippen molar-refractivity contribution >= 4 is 17.7 Å². The van der Waals surface area contributed by atoms with Crippen LogP contribution >= 0.6 is 11.8 Å². The van der Waals surface area contributed by atoms with Gasteiger partial charge in [0.05, 0.1) is 11.4 Å². The second-order valence-corrected chi connectivity index (χ2v) is 4.40. The average molecular weight is 262 g/mol. The maximum absolute atomic E-state index is 10.5. The number of nitrogens with zero attached hydrogens (tertiary/aromatic N) is 2. The fraction of sp³-hybridized carbons (Fsp3) is 0.0833. The van der Waals surface area contributed by atoms with Crippen molar-refractivity contribution in [1.82, 2.24) is 9.97 Å². The van der Waals surface area contributed by atoms with Gasteiger partial charge in [0.25, 0.3) is 0 Å². The van der Waals surface area contributed by atoms with Gasteiger partial charge in [-0.15, -0.1) is 0 Å². The van der Waals surface area contributed by atoms with Crippen LogP contribution in [0.5, 0.6) is 5.75 Å². The molecule has 0 aromatic carbocycles. The first kappa shape index (κ1) is 12.4. The van der Waals surface area contributed by atoms with E-state index in [9.17, 15) is 9.90 Å². The predicted molar refractivity (Wildman–Crippen MR) is 67.5 cm³/mol. The molecule has 0 atom stereocenters. The summed E-state index contributed by atoms with van der Waals surface area (Å²) in [6.45, 7) is 0. The minimum absolute atomic E-state index is 0.0148. The smallest absolute Gasteiger partial charge is 0.313 e. The molecule has 0 fully saturated rings. The van der Waals surface area contributed by atoms with Gasteiger partial charge in [0.2, 0.25) is 0 Å². The number of hydrogen-bond donors (Lipinski definition) is 2. The maximum atomic E-state index is 10.5. The fourth-order valence-electron chi connectivity index (χ4n) is 1.35. The van der Waals surface area contributed by atoms with Crippen LogP contribution in [-0.4, -0.2) is 31.9 Å². The van der Waals surface area contributed by atoms with Crippen molar-refractivity contribution in [3.8, 4) is 17.0 Å². The molecule has 2 rings (SSSR count). The van der Waals surface area contributed by atoms with Gasteiger partial charge < -0.3 is 10.2 Å². The second kappa shape index (κ2) is 5.50. The van der Waals surface area contributed by atoms with Gasteiger partial charge in [-0.25, -0.2) is 4.98 Å². The number of hydrogen-bond acceptors (Lipinski definition) is 5. The van der Waals surface area contributed by atoms with Gasteiger partial charge in [0.15, 0.2) is 0 Å². The summed E-state index contributed by atoms with van der Waals surface area (Å²) in [4.78, 5) is 18.6. The zero-order chi connectivity index (χ0) is 13.0. The molecule has 0 bridgehead atoms. The molecule has 0 unspecified atom stereocenters. The summed E-state index contributed by atoms with van der Waals surface area (Å²) in [5.41, 5.74) is 1.53. The van der Waals surface area contributed by atoms with Crippen molar-refractivity contribution in [2.45, 2.75) is 5.03 Å². The van der Waals surface area contributed by atoms with E-state index in [1.165, 1.54) is 6.07 Å². The number of carboxylic acid groups (broad SMARTS) is 1. The van der Waals surface area contributed by atoms with Crippen LogP contribution < -0.4 is 0 Å². The van der Waals surface area contributed by atoms with Gasteiger partial charge >= 0.3 is 5.97 Å². The van der Waals surface area contributed by atoms with Crippen LogP contribution in [0.25, 0.3) is 11.3 Å². The number of rotatable bonds is 4. The van der Waals surface area contributed by atoms with Crippen molar-refractivity contribution in [2.75, 3.05) is 5.75 Å². The van der Waals surface area contributed by atoms with Crippen LogP contribution in [0.2, 0.25) is 0 Å². The Bertz CT molecular complexity index is 561. The summed E-state index contributed by atoms with van der Waals surface area (Å²) in [5.74, 6) is -1.10. The minimum Gasteiger partial charge on any atom is -0.505 e. The van der Waals surface area contributed by atoms with Crippen LogP contribution in [0, 0.1) is 0 Å². The molecule has 0 aliphatic carbocycles. The lowest BCUT2D eigenvalue weighted by Gasteiger charge is -2.05.